The lowest BCUT2D eigenvalue weighted by molar-refractivity contribution is -0.158. The second-order valence-electron chi connectivity index (χ2n) is 9.89. The van der Waals surface area contributed by atoms with Crippen LogP contribution < -0.4 is 10.6 Å². The zero-order valence-electron chi connectivity index (χ0n) is 21.6. The average molecular weight is 543 g/mol. The number of fused-ring (bicyclic) bond motifs is 1. The Morgan fingerprint density at radius 3 is 2.64 bits per heavy atom. The molecule has 208 valence electrons. The van der Waals surface area contributed by atoms with Gasteiger partial charge in [0.2, 0.25) is 5.91 Å². The quantitative estimate of drug-likeness (QED) is 0.247. The zero-order chi connectivity index (χ0) is 28.4. The van der Waals surface area contributed by atoms with E-state index in [1.165, 1.54) is 23.1 Å². The van der Waals surface area contributed by atoms with Crippen LogP contribution in [0.15, 0.2) is 18.2 Å². The zero-order valence-corrected chi connectivity index (χ0v) is 21.6. The number of aliphatic hydroxyl groups is 2. The molecular weight excluding hydrogens is 511 g/mol. The van der Waals surface area contributed by atoms with Gasteiger partial charge in [0.25, 0.3) is 11.8 Å². The first-order chi connectivity index (χ1) is 18.5. The third-order valence-electron chi connectivity index (χ3n) is 7.10. The van der Waals surface area contributed by atoms with E-state index >= 15 is 0 Å². The molecule has 1 fully saturated rings. The van der Waals surface area contributed by atoms with Crippen LogP contribution in [0.1, 0.15) is 58.6 Å². The van der Waals surface area contributed by atoms with Gasteiger partial charge in [-0.1, -0.05) is 0 Å². The van der Waals surface area contributed by atoms with Crippen molar-refractivity contribution in [2.45, 2.75) is 57.8 Å². The summed E-state index contributed by atoms with van der Waals surface area (Å²) in [5.41, 5.74) is 3.27. The van der Waals surface area contributed by atoms with Gasteiger partial charge in [-0.05, 0) is 62.9 Å². The number of benzene rings is 1. The van der Waals surface area contributed by atoms with Gasteiger partial charge in [-0.15, -0.1) is 0 Å². The Hall–Kier alpha value is -4.03. The number of anilines is 1. The molecule has 3 amide bonds. The summed E-state index contributed by atoms with van der Waals surface area (Å²) < 4.78 is 13.7. The van der Waals surface area contributed by atoms with E-state index in [1.807, 2.05) is 0 Å². The monoisotopic (exact) mass is 542 g/mol. The second kappa shape index (κ2) is 11.4. The number of carboxylic acids is 1. The fraction of sp³-hybridized carbons (Fsp3) is 0.407. The number of carbonyl (C=O) groups is 4. The summed E-state index contributed by atoms with van der Waals surface area (Å²) in [6, 6.07) is 3.15. The summed E-state index contributed by atoms with van der Waals surface area (Å²) in [5.74, 6) is -2.80. The number of aromatic nitrogens is 1. The smallest absolute Gasteiger partial charge is 0.326 e. The number of aromatic amines is 1. The number of H-pyrrole nitrogens is 1. The predicted molar refractivity (Wildman–Crippen MR) is 139 cm³/mol. The van der Waals surface area contributed by atoms with Crippen molar-refractivity contribution in [2.75, 3.05) is 18.4 Å². The number of nitrogens with zero attached hydrogens (tertiary/aromatic N) is 1. The number of likely N-dealkylation sites (tertiary alicyclic amines) is 1. The van der Waals surface area contributed by atoms with Crippen LogP contribution in [-0.4, -0.2) is 80.2 Å². The predicted octanol–water partition coefficient (Wildman–Crippen LogP) is 1.57. The number of carbonyl (C=O) groups excluding carboxylic acids is 3. The number of aliphatic hydroxyl groups excluding tert-OH is 2. The Labute approximate surface area is 223 Å². The van der Waals surface area contributed by atoms with Gasteiger partial charge in [-0.3, -0.25) is 14.4 Å². The minimum Gasteiger partial charge on any atom is -0.480 e. The number of amides is 3. The van der Waals surface area contributed by atoms with E-state index in [2.05, 4.69) is 15.6 Å². The molecule has 1 unspecified atom stereocenters. The molecule has 3 atom stereocenters. The number of aliphatic carboxylic acids is 1. The third-order valence-corrected chi connectivity index (χ3v) is 7.10. The maximum Gasteiger partial charge on any atom is 0.326 e. The molecule has 6 N–H and O–H groups in total. The Balaban J connectivity index is 1.31. The van der Waals surface area contributed by atoms with Crippen molar-refractivity contribution in [3.63, 3.8) is 0 Å². The highest BCUT2D eigenvalue weighted by Gasteiger charge is 2.38. The molecule has 12 heteroatoms. The average Bonchev–Trinajstić information content (AvgIpc) is 3.26. The molecule has 0 aliphatic carbocycles. The molecule has 0 spiro atoms. The first kappa shape index (κ1) is 28.0. The van der Waals surface area contributed by atoms with Crippen molar-refractivity contribution in [2.24, 2.45) is 0 Å². The van der Waals surface area contributed by atoms with Gasteiger partial charge in [0.05, 0.1) is 29.8 Å². The Bertz CT molecular complexity index is 1350. The lowest BCUT2D eigenvalue weighted by Crippen LogP contribution is -2.55. The summed E-state index contributed by atoms with van der Waals surface area (Å²) >= 11 is 0. The van der Waals surface area contributed by atoms with Crippen LogP contribution in [0.25, 0.3) is 11.6 Å². The van der Waals surface area contributed by atoms with Gasteiger partial charge in [0.1, 0.15) is 11.9 Å². The van der Waals surface area contributed by atoms with E-state index in [4.69, 9.17) is 5.11 Å². The molecule has 11 nitrogen and oxygen atoms in total. The second-order valence-corrected chi connectivity index (χ2v) is 9.89. The minimum absolute atomic E-state index is 0.0999. The lowest BCUT2D eigenvalue weighted by atomic mass is 10.00. The summed E-state index contributed by atoms with van der Waals surface area (Å²) in [7, 11) is 0. The van der Waals surface area contributed by atoms with Crippen LogP contribution in [0.4, 0.5) is 10.1 Å². The van der Waals surface area contributed by atoms with Crippen LogP contribution in [-0.2, 0) is 14.4 Å². The Kier molecular flexibility index (Phi) is 8.17. The fourth-order valence-electron chi connectivity index (χ4n) is 4.92. The van der Waals surface area contributed by atoms with Crippen molar-refractivity contribution in [3.8, 4) is 0 Å². The first-order valence-electron chi connectivity index (χ1n) is 12.6. The van der Waals surface area contributed by atoms with Crippen molar-refractivity contribution in [1.82, 2.24) is 15.2 Å². The van der Waals surface area contributed by atoms with Crippen LogP contribution in [0.5, 0.6) is 0 Å². The van der Waals surface area contributed by atoms with Crippen LogP contribution in [0.3, 0.4) is 0 Å². The van der Waals surface area contributed by atoms with Gasteiger partial charge < -0.3 is 35.8 Å². The Morgan fingerprint density at radius 1 is 1.23 bits per heavy atom. The largest absolute Gasteiger partial charge is 0.480 e. The van der Waals surface area contributed by atoms with Crippen molar-refractivity contribution >= 4 is 41.0 Å². The van der Waals surface area contributed by atoms with Gasteiger partial charge >= 0.3 is 5.97 Å². The first-order valence-corrected chi connectivity index (χ1v) is 12.6. The molecule has 1 aromatic heterocycles. The van der Waals surface area contributed by atoms with E-state index in [-0.39, 0.29) is 37.3 Å². The number of carboxylic acid groups (broad SMARTS) is 1. The topological polar surface area (TPSA) is 172 Å². The van der Waals surface area contributed by atoms with Crippen LogP contribution >= 0.6 is 0 Å². The van der Waals surface area contributed by atoms with E-state index in [1.54, 1.807) is 19.9 Å². The maximum atomic E-state index is 13.7. The summed E-state index contributed by atoms with van der Waals surface area (Å²) in [4.78, 5) is 52.8. The van der Waals surface area contributed by atoms with Gasteiger partial charge in [-0.25, -0.2) is 9.18 Å². The highest BCUT2D eigenvalue weighted by molar-refractivity contribution is 6.34. The molecule has 4 rings (SSSR count). The van der Waals surface area contributed by atoms with Crippen molar-refractivity contribution < 1.29 is 38.9 Å². The molecule has 2 aromatic rings. The fourth-order valence-corrected chi connectivity index (χ4v) is 4.92. The van der Waals surface area contributed by atoms with Crippen molar-refractivity contribution in [3.05, 3.63) is 52.1 Å². The number of rotatable bonds is 10. The van der Waals surface area contributed by atoms with Crippen molar-refractivity contribution in [1.29, 1.82) is 0 Å². The number of aryl methyl sites for hydroxylation is 1. The lowest BCUT2D eigenvalue weighted by Gasteiger charge is -2.38. The molecule has 39 heavy (non-hydrogen) atoms. The SMILES string of the molecule is Cc1[nH]c(/C=C2\C(=O)Nc3ccc(F)cc32)c(C)c1C(=O)NCC[C@@H](O)C[C@@H](O)CC(=O)N1CCC1C(=O)O. The molecule has 3 heterocycles. The molecule has 0 radical (unpaired) electrons. The highest BCUT2D eigenvalue weighted by Crippen LogP contribution is 2.34. The molecule has 2 aliphatic heterocycles. The van der Waals surface area contributed by atoms with E-state index in [0.717, 1.165) is 0 Å². The molecule has 1 aromatic carbocycles. The van der Waals surface area contributed by atoms with Gasteiger partial charge in [-0.2, -0.15) is 0 Å². The molecule has 1 saturated heterocycles. The van der Waals surface area contributed by atoms with E-state index in [9.17, 15) is 33.8 Å². The molecule has 0 bridgehead atoms. The number of nitrogens with one attached hydrogen (secondary N) is 3. The molecule has 2 aliphatic rings. The maximum absolute atomic E-state index is 13.7. The van der Waals surface area contributed by atoms with E-state index < -0.39 is 41.9 Å². The molecule has 0 saturated carbocycles. The van der Waals surface area contributed by atoms with Gasteiger partial charge in [0, 0.05) is 35.7 Å². The van der Waals surface area contributed by atoms with Gasteiger partial charge in [0.15, 0.2) is 0 Å². The number of hydrogen-bond donors (Lipinski definition) is 6. The Morgan fingerprint density at radius 2 is 1.97 bits per heavy atom. The third kappa shape index (κ3) is 6.02. The minimum atomic E-state index is -1.14. The van der Waals surface area contributed by atoms with Crippen LogP contribution in [0, 0.1) is 19.7 Å². The highest BCUT2D eigenvalue weighted by atomic mass is 19.1. The van der Waals surface area contributed by atoms with Crippen LogP contribution in [0.2, 0.25) is 0 Å². The summed E-state index contributed by atoms with van der Waals surface area (Å²) in [5, 5.41) is 34.9. The standard InChI is InChI=1S/C27H31FN4O7/c1-13-21(12-19-18-9-15(28)3-4-20(18)31-25(19)36)30-14(2)24(13)26(37)29-7-5-16(33)10-17(34)11-23(35)32-8-6-22(32)27(38)39/h3-4,9,12,16-17,22,30,33-34H,5-8,10-11H2,1-2H3,(H,29,37)(H,31,36)(H,38,39)/b19-12-/t16-,17-,22?/m1/s1. The summed E-state index contributed by atoms with van der Waals surface area (Å²) in [6.07, 6.45) is -0.448. The normalized spacial score (nSPS) is 18.8. The number of hydrogen-bond acceptors (Lipinski definition) is 6. The van der Waals surface area contributed by atoms with E-state index in [0.29, 0.717) is 46.7 Å². The number of halogens is 1. The molecular formula is C27H31FN4O7. The summed E-state index contributed by atoms with van der Waals surface area (Å²) in [6.45, 7) is 3.86.